The Morgan fingerprint density at radius 2 is 2.00 bits per heavy atom. The fraction of sp³-hybridized carbons (Fsp3) is 0.600. The van der Waals surface area contributed by atoms with Gasteiger partial charge in [0, 0.05) is 44.2 Å². The van der Waals surface area contributed by atoms with Crippen LogP contribution in [-0.4, -0.2) is 59.3 Å². The van der Waals surface area contributed by atoms with Crippen LogP contribution in [-0.2, 0) is 20.9 Å². The van der Waals surface area contributed by atoms with Gasteiger partial charge in [0.1, 0.15) is 11.9 Å². The highest BCUT2D eigenvalue weighted by Crippen LogP contribution is 2.25. The van der Waals surface area contributed by atoms with Crippen molar-refractivity contribution in [2.45, 2.75) is 65.1 Å². The smallest absolute Gasteiger partial charge is 0.273 e. The molecule has 0 radical (unpaired) electrons. The van der Waals surface area contributed by atoms with Crippen LogP contribution in [0.2, 0.25) is 0 Å². The summed E-state index contributed by atoms with van der Waals surface area (Å²) in [6.45, 7) is 7.82. The van der Waals surface area contributed by atoms with Gasteiger partial charge in [0.15, 0.2) is 5.69 Å². The Morgan fingerprint density at radius 1 is 1.26 bits per heavy atom. The van der Waals surface area contributed by atoms with E-state index in [4.69, 9.17) is 4.74 Å². The van der Waals surface area contributed by atoms with Crippen molar-refractivity contribution in [1.29, 1.82) is 0 Å². The molecule has 2 aromatic rings. The van der Waals surface area contributed by atoms with E-state index in [1.807, 2.05) is 20.8 Å². The van der Waals surface area contributed by atoms with Crippen molar-refractivity contribution >= 4 is 28.6 Å². The van der Waals surface area contributed by atoms with Gasteiger partial charge < -0.3 is 20.7 Å². The van der Waals surface area contributed by atoms with Gasteiger partial charge in [-0.25, -0.2) is 4.39 Å². The van der Waals surface area contributed by atoms with E-state index in [2.05, 4.69) is 21.0 Å². The van der Waals surface area contributed by atoms with Crippen molar-refractivity contribution < 1.29 is 23.5 Å². The van der Waals surface area contributed by atoms with Gasteiger partial charge in [-0.1, -0.05) is 20.8 Å². The lowest BCUT2D eigenvalue weighted by Gasteiger charge is -2.30. The zero-order chi connectivity index (χ0) is 25.2. The summed E-state index contributed by atoms with van der Waals surface area (Å²) in [6.07, 6.45) is 2.88. The van der Waals surface area contributed by atoms with Gasteiger partial charge in [0.2, 0.25) is 11.8 Å². The first-order valence-electron chi connectivity index (χ1n) is 12.2. The SMILES string of the molecule is CC(C)(C)C(NC(=O)c1nn(CC2CCOCC2)c2cc(F)ccc12)C(=O)NCC1CCC(=O)N1. The van der Waals surface area contributed by atoms with E-state index in [1.165, 1.54) is 12.1 Å². The molecule has 1 aromatic heterocycles. The molecule has 2 saturated heterocycles. The third-order valence-corrected chi connectivity index (χ3v) is 6.71. The maximum atomic E-state index is 14.1. The van der Waals surface area contributed by atoms with Crippen LogP contribution in [0.25, 0.3) is 10.9 Å². The van der Waals surface area contributed by atoms with Crippen molar-refractivity contribution in [3.63, 3.8) is 0 Å². The average molecular weight is 488 g/mol. The number of amides is 3. The molecule has 3 amide bonds. The first kappa shape index (κ1) is 25.1. The molecular weight excluding hydrogens is 453 g/mol. The van der Waals surface area contributed by atoms with Gasteiger partial charge >= 0.3 is 0 Å². The molecule has 35 heavy (non-hydrogen) atoms. The van der Waals surface area contributed by atoms with Gasteiger partial charge in [0.25, 0.3) is 5.91 Å². The van der Waals surface area contributed by atoms with E-state index < -0.39 is 23.2 Å². The monoisotopic (exact) mass is 487 g/mol. The lowest BCUT2D eigenvalue weighted by atomic mass is 9.86. The maximum absolute atomic E-state index is 14.1. The zero-order valence-corrected chi connectivity index (χ0v) is 20.5. The molecule has 1 aromatic carbocycles. The molecule has 2 aliphatic rings. The van der Waals surface area contributed by atoms with E-state index in [9.17, 15) is 18.8 Å². The minimum atomic E-state index is -0.830. The largest absolute Gasteiger partial charge is 0.381 e. The number of benzene rings is 1. The van der Waals surface area contributed by atoms with Crippen LogP contribution >= 0.6 is 0 Å². The highest BCUT2D eigenvalue weighted by atomic mass is 19.1. The Morgan fingerprint density at radius 3 is 2.66 bits per heavy atom. The number of fused-ring (bicyclic) bond motifs is 1. The summed E-state index contributed by atoms with van der Waals surface area (Å²) in [6, 6.07) is 3.32. The summed E-state index contributed by atoms with van der Waals surface area (Å²) in [7, 11) is 0. The molecular formula is C25H34FN5O4. The number of ether oxygens (including phenoxy) is 1. The molecule has 3 N–H and O–H groups in total. The van der Waals surface area contributed by atoms with Crippen LogP contribution in [0.5, 0.6) is 0 Å². The number of hydrogen-bond donors (Lipinski definition) is 3. The molecule has 2 unspecified atom stereocenters. The molecule has 2 aliphatic heterocycles. The number of carbonyl (C=O) groups excluding carboxylic acids is 3. The average Bonchev–Trinajstić information content (AvgIpc) is 3.38. The van der Waals surface area contributed by atoms with Crippen LogP contribution < -0.4 is 16.0 Å². The zero-order valence-electron chi connectivity index (χ0n) is 20.5. The van der Waals surface area contributed by atoms with E-state index in [-0.39, 0.29) is 23.6 Å². The summed E-state index contributed by atoms with van der Waals surface area (Å²) in [5, 5.41) is 13.6. The number of carbonyl (C=O) groups is 3. The number of halogens is 1. The minimum Gasteiger partial charge on any atom is -0.381 e. The Kier molecular flexibility index (Phi) is 7.39. The van der Waals surface area contributed by atoms with E-state index >= 15 is 0 Å². The fourth-order valence-corrected chi connectivity index (χ4v) is 4.66. The fourth-order valence-electron chi connectivity index (χ4n) is 4.66. The Bertz CT molecular complexity index is 1100. The topological polar surface area (TPSA) is 114 Å². The molecule has 0 spiro atoms. The lowest BCUT2D eigenvalue weighted by Crippen LogP contribution is -2.55. The second-order valence-electron chi connectivity index (χ2n) is 10.6. The highest BCUT2D eigenvalue weighted by molar-refractivity contribution is 6.06. The number of aromatic nitrogens is 2. The molecule has 9 nitrogen and oxygen atoms in total. The number of rotatable bonds is 7. The second kappa shape index (κ2) is 10.3. The van der Waals surface area contributed by atoms with Crippen LogP contribution in [0, 0.1) is 17.2 Å². The van der Waals surface area contributed by atoms with Crippen molar-refractivity contribution in [2.24, 2.45) is 11.3 Å². The maximum Gasteiger partial charge on any atom is 0.273 e. The predicted octanol–water partition coefficient (Wildman–Crippen LogP) is 2.14. The van der Waals surface area contributed by atoms with Crippen LogP contribution in [0.4, 0.5) is 4.39 Å². The number of nitrogens with zero attached hydrogens (tertiary/aromatic N) is 2. The van der Waals surface area contributed by atoms with Gasteiger partial charge in [-0.05, 0) is 48.8 Å². The lowest BCUT2D eigenvalue weighted by molar-refractivity contribution is -0.125. The van der Waals surface area contributed by atoms with Crippen LogP contribution in [0.3, 0.4) is 0 Å². The van der Waals surface area contributed by atoms with Gasteiger partial charge in [-0.15, -0.1) is 0 Å². The molecule has 2 fully saturated rings. The van der Waals surface area contributed by atoms with Gasteiger partial charge in [-0.2, -0.15) is 5.10 Å². The molecule has 0 saturated carbocycles. The quantitative estimate of drug-likeness (QED) is 0.554. The Labute approximate surface area is 204 Å². The molecule has 2 atom stereocenters. The number of nitrogens with one attached hydrogen (secondary N) is 3. The van der Waals surface area contributed by atoms with E-state index in [1.54, 1.807) is 10.7 Å². The van der Waals surface area contributed by atoms with Crippen LogP contribution in [0.1, 0.15) is 56.9 Å². The Balaban J connectivity index is 1.53. The van der Waals surface area contributed by atoms with Gasteiger partial charge in [0.05, 0.1) is 5.52 Å². The van der Waals surface area contributed by atoms with Crippen molar-refractivity contribution in [3.8, 4) is 0 Å². The Hall–Kier alpha value is -3.01. The standard InChI is InChI=1S/C25H34FN5O4/c1-25(2,3)22(24(34)27-13-17-5-7-20(32)28-17)29-23(33)21-18-6-4-16(26)12-19(18)31(30-21)14-15-8-10-35-11-9-15/h4,6,12,15,17,22H,5,7-11,13-14H2,1-3H3,(H,27,34)(H,28,32)(H,29,33). The summed E-state index contributed by atoms with van der Waals surface area (Å²) in [4.78, 5) is 37.9. The van der Waals surface area contributed by atoms with Crippen molar-refractivity contribution in [1.82, 2.24) is 25.7 Å². The molecule has 3 heterocycles. The summed E-state index contributed by atoms with van der Waals surface area (Å²) < 4.78 is 21.2. The molecule has 0 aliphatic carbocycles. The number of hydrogen-bond acceptors (Lipinski definition) is 5. The molecule has 0 bridgehead atoms. The third kappa shape index (κ3) is 5.98. The summed E-state index contributed by atoms with van der Waals surface area (Å²) in [5.74, 6) is -0.913. The van der Waals surface area contributed by atoms with Crippen molar-refractivity contribution in [3.05, 3.63) is 29.7 Å². The first-order chi connectivity index (χ1) is 16.6. The first-order valence-corrected chi connectivity index (χ1v) is 12.2. The predicted molar refractivity (Wildman–Crippen MR) is 128 cm³/mol. The van der Waals surface area contributed by atoms with E-state index in [0.29, 0.717) is 56.0 Å². The van der Waals surface area contributed by atoms with Crippen molar-refractivity contribution in [2.75, 3.05) is 19.8 Å². The molecule has 4 rings (SSSR count). The highest BCUT2D eigenvalue weighted by Gasteiger charge is 2.35. The molecule has 190 valence electrons. The van der Waals surface area contributed by atoms with E-state index in [0.717, 1.165) is 12.8 Å². The normalized spacial score (nSPS) is 20.0. The van der Waals surface area contributed by atoms with Crippen LogP contribution in [0.15, 0.2) is 18.2 Å². The summed E-state index contributed by atoms with van der Waals surface area (Å²) in [5.41, 5.74) is 0.137. The van der Waals surface area contributed by atoms with Gasteiger partial charge in [-0.3, -0.25) is 19.1 Å². The molecule has 10 heteroatoms. The minimum absolute atomic E-state index is 0.0235. The third-order valence-electron chi connectivity index (χ3n) is 6.71. The second-order valence-corrected chi connectivity index (χ2v) is 10.6. The summed E-state index contributed by atoms with van der Waals surface area (Å²) >= 11 is 0.